The van der Waals surface area contributed by atoms with Gasteiger partial charge in [0.15, 0.2) is 5.82 Å². The van der Waals surface area contributed by atoms with E-state index >= 15 is 0 Å². The van der Waals surface area contributed by atoms with Gasteiger partial charge in [0.05, 0.1) is 0 Å². The van der Waals surface area contributed by atoms with Gasteiger partial charge in [-0.1, -0.05) is 19.1 Å². The predicted molar refractivity (Wildman–Crippen MR) is 86.4 cm³/mol. The molecule has 0 fully saturated rings. The fourth-order valence-corrected chi connectivity index (χ4v) is 4.25. The summed E-state index contributed by atoms with van der Waals surface area (Å²) in [6.45, 7) is 0.576. The van der Waals surface area contributed by atoms with E-state index in [2.05, 4.69) is 0 Å². The van der Waals surface area contributed by atoms with Gasteiger partial charge in [-0.05, 0) is 17.7 Å². The lowest BCUT2D eigenvalue weighted by Gasteiger charge is -2.31. The van der Waals surface area contributed by atoms with Gasteiger partial charge in [0.25, 0.3) is 5.56 Å². The van der Waals surface area contributed by atoms with Crippen LogP contribution in [0.1, 0.15) is 18.5 Å². The van der Waals surface area contributed by atoms with Crippen molar-refractivity contribution < 1.29 is 30.4 Å². The minimum atomic E-state index is -5.03. The van der Waals surface area contributed by atoms with Crippen molar-refractivity contribution in [3.63, 3.8) is 0 Å². The molecule has 148 valence electrons. The third-order valence-corrected chi connectivity index (χ3v) is 5.72. The summed E-state index contributed by atoms with van der Waals surface area (Å²) in [5.41, 5.74) is -1.62. The van der Waals surface area contributed by atoms with E-state index in [0.29, 0.717) is 10.6 Å². The second-order valence-electron chi connectivity index (χ2n) is 5.64. The maximum atomic E-state index is 13.7. The molecule has 0 aliphatic rings. The molecule has 2 aromatic rings. The number of pyridine rings is 1. The van der Waals surface area contributed by atoms with Gasteiger partial charge in [-0.25, -0.2) is 17.2 Å². The molecule has 0 aliphatic carbocycles. The molecule has 0 aliphatic heterocycles. The minimum absolute atomic E-state index is 0.124. The molecule has 0 saturated heterocycles. The van der Waals surface area contributed by atoms with Crippen LogP contribution in [0, 0.1) is 11.6 Å². The number of sulfonamides is 1. The standard InChI is InChI=1S/C16H15F5N2O3S/c1-3-23(14(16(19,20)21)10-4-6-11(17)7-5-10)27(25,26)12-8-13(18)15(24)22(2)9-12/h4-9,14H,3H2,1-2H3. The molecule has 0 amide bonds. The van der Waals surface area contributed by atoms with E-state index in [1.54, 1.807) is 0 Å². The van der Waals surface area contributed by atoms with E-state index in [4.69, 9.17) is 0 Å². The highest BCUT2D eigenvalue weighted by Crippen LogP contribution is 2.40. The highest BCUT2D eigenvalue weighted by Gasteiger charge is 2.48. The van der Waals surface area contributed by atoms with Crippen molar-refractivity contribution in [3.8, 4) is 0 Å². The van der Waals surface area contributed by atoms with Crippen LogP contribution in [0.3, 0.4) is 0 Å². The number of hydrogen-bond donors (Lipinski definition) is 0. The van der Waals surface area contributed by atoms with Crippen molar-refractivity contribution in [1.82, 2.24) is 8.87 Å². The van der Waals surface area contributed by atoms with Crippen LogP contribution in [0.2, 0.25) is 0 Å². The van der Waals surface area contributed by atoms with E-state index in [0.717, 1.165) is 37.5 Å². The van der Waals surface area contributed by atoms with E-state index in [1.807, 2.05) is 0 Å². The summed E-state index contributed by atoms with van der Waals surface area (Å²) in [7, 11) is -3.76. The average molecular weight is 410 g/mol. The average Bonchev–Trinajstić information content (AvgIpc) is 2.56. The van der Waals surface area contributed by atoms with Crippen LogP contribution in [0.4, 0.5) is 22.0 Å². The molecule has 0 saturated carbocycles. The highest BCUT2D eigenvalue weighted by atomic mass is 32.2. The van der Waals surface area contributed by atoms with Crippen LogP contribution in [-0.4, -0.2) is 30.0 Å². The van der Waals surface area contributed by atoms with Crippen molar-refractivity contribution in [2.45, 2.75) is 24.0 Å². The van der Waals surface area contributed by atoms with Gasteiger partial charge < -0.3 is 4.57 Å². The number of halogens is 5. The molecule has 5 nitrogen and oxygen atoms in total. The van der Waals surface area contributed by atoms with E-state index < -0.39 is 56.4 Å². The molecule has 11 heteroatoms. The third kappa shape index (κ3) is 4.19. The van der Waals surface area contributed by atoms with Gasteiger partial charge in [-0.3, -0.25) is 4.79 Å². The lowest BCUT2D eigenvalue weighted by Crippen LogP contribution is -2.42. The Balaban J connectivity index is 2.66. The summed E-state index contributed by atoms with van der Waals surface area (Å²) in [4.78, 5) is 10.6. The molecule has 0 spiro atoms. The minimum Gasteiger partial charge on any atom is -0.315 e. The number of benzene rings is 1. The Morgan fingerprint density at radius 2 is 1.70 bits per heavy atom. The smallest absolute Gasteiger partial charge is 0.315 e. The number of nitrogens with zero attached hydrogens (tertiary/aromatic N) is 2. The van der Waals surface area contributed by atoms with Crippen LogP contribution >= 0.6 is 0 Å². The summed E-state index contributed by atoms with van der Waals surface area (Å²) in [5.74, 6) is -2.20. The molecule has 1 aromatic carbocycles. The van der Waals surface area contributed by atoms with Crippen LogP contribution in [0.5, 0.6) is 0 Å². The quantitative estimate of drug-likeness (QED) is 0.713. The number of aromatic nitrogens is 1. The first-order chi connectivity index (χ1) is 12.4. The summed E-state index contributed by atoms with van der Waals surface area (Å²) >= 11 is 0. The van der Waals surface area contributed by atoms with E-state index in [-0.39, 0.29) is 4.31 Å². The van der Waals surface area contributed by atoms with Gasteiger partial charge in [-0.2, -0.15) is 17.5 Å². The van der Waals surface area contributed by atoms with E-state index in [9.17, 15) is 35.2 Å². The first-order valence-electron chi connectivity index (χ1n) is 7.59. The van der Waals surface area contributed by atoms with Crippen molar-refractivity contribution in [1.29, 1.82) is 0 Å². The first kappa shape index (κ1) is 21.0. The van der Waals surface area contributed by atoms with Crippen LogP contribution in [-0.2, 0) is 17.1 Å². The third-order valence-electron chi connectivity index (χ3n) is 3.82. The zero-order valence-corrected chi connectivity index (χ0v) is 15.0. The molecule has 0 bridgehead atoms. The Morgan fingerprint density at radius 1 is 1.15 bits per heavy atom. The van der Waals surface area contributed by atoms with Crippen molar-refractivity contribution in [2.24, 2.45) is 7.05 Å². The van der Waals surface area contributed by atoms with E-state index in [1.165, 1.54) is 6.92 Å². The molecule has 1 aromatic heterocycles. The second-order valence-corrected chi connectivity index (χ2v) is 7.53. The van der Waals surface area contributed by atoms with Crippen molar-refractivity contribution in [3.05, 3.63) is 64.1 Å². The highest BCUT2D eigenvalue weighted by molar-refractivity contribution is 7.89. The Labute approximate surface area is 151 Å². The Morgan fingerprint density at radius 3 is 2.15 bits per heavy atom. The lowest BCUT2D eigenvalue weighted by molar-refractivity contribution is -0.173. The number of rotatable bonds is 5. The Hall–Kier alpha value is -2.27. The second kappa shape index (κ2) is 7.39. The molecular weight excluding hydrogens is 395 g/mol. The zero-order chi connectivity index (χ0) is 20.6. The number of hydrogen-bond acceptors (Lipinski definition) is 3. The number of alkyl halides is 3. The first-order valence-corrected chi connectivity index (χ1v) is 9.03. The molecule has 0 N–H and O–H groups in total. The SMILES string of the molecule is CCN(C(c1ccc(F)cc1)C(F)(F)F)S(=O)(=O)c1cc(F)c(=O)n(C)c1. The monoisotopic (exact) mass is 410 g/mol. The Kier molecular flexibility index (Phi) is 5.76. The van der Waals surface area contributed by atoms with Gasteiger partial charge in [-0.15, -0.1) is 0 Å². The fourth-order valence-electron chi connectivity index (χ4n) is 2.57. The number of aryl methyl sites for hydroxylation is 1. The van der Waals surface area contributed by atoms with Gasteiger partial charge >= 0.3 is 6.18 Å². The molecular formula is C16H15F5N2O3S. The van der Waals surface area contributed by atoms with Gasteiger partial charge in [0.2, 0.25) is 10.0 Å². The molecule has 1 heterocycles. The van der Waals surface area contributed by atoms with Crippen LogP contribution in [0.25, 0.3) is 0 Å². The summed E-state index contributed by atoms with van der Waals surface area (Å²) in [6, 6.07) is 0.965. The topological polar surface area (TPSA) is 59.4 Å². The zero-order valence-electron chi connectivity index (χ0n) is 14.2. The fraction of sp³-hybridized carbons (Fsp3) is 0.312. The summed E-state index contributed by atoms with van der Waals surface area (Å²) < 4.78 is 94.1. The molecule has 1 atom stereocenters. The molecule has 0 radical (unpaired) electrons. The summed E-state index contributed by atoms with van der Waals surface area (Å²) in [6.07, 6.45) is -4.29. The maximum Gasteiger partial charge on any atom is 0.409 e. The molecule has 2 rings (SSSR count). The normalized spacial score (nSPS) is 13.8. The van der Waals surface area contributed by atoms with Crippen molar-refractivity contribution in [2.75, 3.05) is 6.54 Å². The van der Waals surface area contributed by atoms with Crippen LogP contribution < -0.4 is 5.56 Å². The van der Waals surface area contributed by atoms with Crippen LogP contribution in [0.15, 0.2) is 46.2 Å². The summed E-state index contributed by atoms with van der Waals surface area (Å²) in [5, 5.41) is 0. The largest absolute Gasteiger partial charge is 0.409 e. The Bertz CT molecular complexity index is 958. The maximum absolute atomic E-state index is 13.7. The van der Waals surface area contributed by atoms with Gasteiger partial charge in [0, 0.05) is 25.9 Å². The predicted octanol–water partition coefficient (Wildman–Crippen LogP) is 2.98. The lowest BCUT2D eigenvalue weighted by atomic mass is 10.1. The molecule has 27 heavy (non-hydrogen) atoms. The van der Waals surface area contributed by atoms with Gasteiger partial charge in [0.1, 0.15) is 16.8 Å². The molecule has 1 unspecified atom stereocenters. The van der Waals surface area contributed by atoms with Crippen molar-refractivity contribution >= 4 is 10.0 Å².